The second-order valence-corrected chi connectivity index (χ2v) is 14.7. The molecular formula is C37H43N5O8S. The number of hydrogen-bond acceptors (Lipinski definition) is 9. The Balaban J connectivity index is 1.22. The summed E-state index contributed by atoms with van der Waals surface area (Å²) in [6.45, 7) is 1.61. The van der Waals surface area contributed by atoms with Crippen molar-refractivity contribution >= 4 is 21.8 Å². The summed E-state index contributed by atoms with van der Waals surface area (Å²) in [5.41, 5.74) is 3.41. The average molecular weight is 718 g/mol. The molecule has 4 aromatic rings. The molecule has 2 amide bonds. The lowest BCUT2D eigenvalue weighted by molar-refractivity contribution is 0.0696. The van der Waals surface area contributed by atoms with Crippen molar-refractivity contribution in [2.24, 2.45) is 7.05 Å². The van der Waals surface area contributed by atoms with Gasteiger partial charge in [0.2, 0.25) is 10.0 Å². The van der Waals surface area contributed by atoms with Crippen molar-refractivity contribution in [1.82, 2.24) is 23.9 Å². The van der Waals surface area contributed by atoms with E-state index in [1.54, 1.807) is 79.3 Å². The third-order valence-corrected chi connectivity index (χ3v) is 10.5. The minimum atomic E-state index is -3.29. The Morgan fingerprint density at radius 3 is 2.14 bits per heavy atom. The molecule has 0 atom stereocenters. The molecule has 6 rings (SSSR count). The van der Waals surface area contributed by atoms with Gasteiger partial charge in [-0.05, 0) is 61.4 Å². The van der Waals surface area contributed by atoms with Gasteiger partial charge in [0.1, 0.15) is 22.9 Å². The highest BCUT2D eigenvalue weighted by Crippen LogP contribution is 2.40. The fourth-order valence-corrected chi connectivity index (χ4v) is 7.05. The Bertz CT molecular complexity index is 2000. The van der Waals surface area contributed by atoms with E-state index in [2.05, 4.69) is 5.10 Å². The molecule has 0 N–H and O–H groups in total. The van der Waals surface area contributed by atoms with Crippen LogP contribution < -0.4 is 18.9 Å². The van der Waals surface area contributed by atoms with Crippen LogP contribution in [0.5, 0.6) is 28.7 Å². The van der Waals surface area contributed by atoms with Crippen LogP contribution in [0.1, 0.15) is 56.4 Å². The molecule has 14 heteroatoms. The summed E-state index contributed by atoms with van der Waals surface area (Å²) in [6, 6.07) is 19.7. The summed E-state index contributed by atoms with van der Waals surface area (Å²) in [4.78, 5) is 30.8. The molecular weight excluding hydrogens is 675 g/mol. The number of para-hydroxylation sites is 1. The number of sulfonamides is 1. The number of aryl methyl sites for hydroxylation is 1. The summed E-state index contributed by atoms with van der Waals surface area (Å²) < 4.78 is 49.9. The maximum atomic E-state index is 14.3. The molecule has 2 fully saturated rings. The van der Waals surface area contributed by atoms with Gasteiger partial charge in [-0.3, -0.25) is 14.3 Å². The lowest BCUT2D eigenvalue weighted by Crippen LogP contribution is -2.50. The van der Waals surface area contributed by atoms with Crippen LogP contribution in [0.15, 0.2) is 66.7 Å². The molecule has 1 aromatic heterocycles. The summed E-state index contributed by atoms with van der Waals surface area (Å²) in [7, 11) is 3.23. The molecule has 0 radical (unpaired) electrons. The SMILES string of the molecule is COc1ccc(CN(Cc2cccc(Oc3ccc(C(=O)N4CCN(S(C)(=O)=O)CC4)cc3)c2OC)C(=O)c2cc(C3CC3)nn2C)c(OC)c1. The first-order valence-electron chi connectivity index (χ1n) is 16.7. The fraction of sp³-hybridized carbons (Fsp3) is 0.378. The smallest absolute Gasteiger partial charge is 0.272 e. The van der Waals surface area contributed by atoms with Crippen LogP contribution in [0.25, 0.3) is 0 Å². The molecule has 51 heavy (non-hydrogen) atoms. The molecule has 1 saturated heterocycles. The largest absolute Gasteiger partial charge is 0.497 e. The van der Waals surface area contributed by atoms with Crippen molar-refractivity contribution in [1.29, 1.82) is 0 Å². The highest BCUT2D eigenvalue weighted by atomic mass is 32.2. The highest BCUT2D eigenvalue weighted by Gasteiger charge is 2.30. The first-order chi connectivity index (χ1) is 24.5. The maximum absolute atomic E-state index is 14.3. The quantitative estimate of drug-likeness (QED) is 0.194. The van der Waals surface area contributed by atoms with E-state index in [0.29, 0.717) is 59.0 Å². The van der Waals surface area contributed by atoms with Gasteiger partial charge in [-0.1, -0.05) is 12.1 Å². The molecule has 3 aromatic carbocycles. The summed E-state index contributed by atoms with van der Waals surface area (Å²) in [6.07, 6.45) is 3.33. The number of aromatic nitrogens is 2. The van der Waals surface area contributed by atoms with Crippen molar-refractivity contribution in [2.45, 2.75) is 31.8 Å². The third kappa shape index (κ3) is 8.12. The number of rotatable bonds is 13. The average Bonchev–Trinajstić information content (AvgIpc) is 3.91. The second-order valence-electron chi connectivity index (χ2n) is 12.7. The molecule has 0 unspecified atom stereocenters. The predicted octanol–water partition coefficient (Wildman–Crippen LogP) is 4.68. The van der Waals surface area contributed by atoms with Gasteiger partial charge < -0.3 is 28.7 Å². The number of amides is 2. The Hall–Kier alpha value is -5.08. The summed E-state index contributed by atoms with van der Waals surface area (Å²) in [5.74, 6) is 2.66. The number of nitrogens with zero attached hydrogens (tertiary/aromatic N) is 5. The minimum Gasteiger partial charge on any atom is -0.497 e. The van der Waals surface area contributed by atoms with Crippen LogP contribution >= 0.6 is 0 Å². The molecule has 0 bridgehead atoms. The molecule has 1 aliphatic heterocycles. The zero-order valence-electron chi connectivity index (χ0n) is 29.5. The van der Waals surface area contributed by atoms with E-state index in [1.807, 2.05) is 30.3 Å². The summed E-state index contributed by atoms with van der Waals surface area (Å²) >= 11 is 0. The van der Waals surface area contributed by atoms with Gasteiger partial charge in [0.15, 0.2) is 11.5 Å². The lowest BCUT2D eigenvalue weighted by Gasteiger charge is -2.33. The molecule has 270 valence electrons. The zero-order valence-corrected chi connectivity index (χ0v) is 30.3. The van der Waals surface area contributed by atoms with Crippen molar-refractivity contribution in [3.8, 4) is 28.7 Å². The monoisotopic (exact) mass is 717 g/mol. The third-order valence-electron chi connectivity index (χ3n) is 9.21. The van der Waals surface area contributed by atoms with E-state index < -0.39 is 10.0 Å². The topological polar surface area (TPSA) is 133 Å². The first kappa shape index (κ1) is 35.7. The van der Waals surface area contributed by atoms with Crippen molar-refractivity contribution in [2.75, 3.05) is 53.8 Å². The lowest BCUT2D eigenvalue weighted by atomic mass is 10.1. The standard InChI is InChI=1S/C37H43N5O8S/c1-39-32(22-31(38-39)25-9-10-25)37(44)41(23-27-13-16-30(47-2)21-34(27)48-3)24-28-7-6-8-33(35(28)49-4)50-29-14-11-26(12-15-29)36(43)40-17-19-42(20-18-40)51(5,45)46/h6-8,11-16,21-22,25H,9-10,17-20,23-24H2,1-5H3. The number of benzene rings is 3. The van der Waals surface area contributed by atoms with E-state index in [0.717, 1.165) is 29.7 Å². The van der Waals surface area contributed by atoms with Gasteiger partial charge in [0.05, 0.1) is 46.4 Å². The van der Waals surface area contributed by atoms with Gasteiger partial charge in [0, 0.05) is 61.9 Å². The highest BCUT2D eigenvalue weighted by molar-refractivity contribution is 7.88. The van der Waals surface area contributed by atoms with Crippen molar-refractivity contribution in [3.05, 3.63) is 94.8 Å². The van der Waals surface area contributed by atoms with E-state index in [-0.39, 0.29) is 38.0 Å². The van der Waals surface area contributed by atoms with Gasteiger partial charge in [-0.2, -0.15) is 9.40 Å². The van der Waals surface area contributed by atoms with Crippen molar-refractivity contribution < 1.29 is 37.0 Å². The Morgan fingerprint density at radius 1 is 0.824 bits per heavy atom. The second kappa shape index (κ2) is 15.0. The molecule has 1 saturated carbocycles. The van der Waals surface area contributed by atoms with Gasteiger partial charge >= 0.3 is 0 Å². The van der Waals surface area contributed by atoms with Crippen LogP contribution in [0.3, 0.4) is 0 Å². The predicted molar refractivity (Wildman–Crippen MR) is 190 cm³/mol. The van der Waals surface area contributed by atoms with E-state index >= 15 is 0 Å². The number of piperazine rings is 1. The van der Waals surface area contributed by atoms with E-state index in [1.165, 1.54) is 10.6 Å². The normalized spacial score (nSPS) is 15.0. The maximum Gasteiger partial charge on any atom is 0.272 e. The van der Waals surface area contributed by atoms with Crippen LogP contribution in [-0.2, 0) is 30.2 Å². The fourth-order valence-electron chi connectivity index (χ4n) is 6.22. The Labute approximate surface area is 298 Å². The molecule has 13 nitrogen and oxygen atoms in total. The van der Waals surface area contributed by atoms with Crippen molar-refractivity contribution in [3.63, 3.8) is 0 Å². The van der Waals surface area contributed by atoms with Crippen LogP contribution in [0.2, 0.25) is 0 Å². The van der Waals surface area contributed by atoms with Crippen LogP contribution in [0, 0.1) is 0 Å². The van der Waals surface area contributed by atoms with E-state index in [4.69, 9.17) is 18.9 Å². The van der Waals surface area contributed by atoms with Gasteiger partial charge in [-0.25, -0.2) is 8.42 Å². The van der Waals surface area contributed by atoms with Gasteiger partial charge in [0.25, 0.3) is 11.8 Å². The Morgan fingerprint density at radius 2 is 1.51 bits per heavy atom. The number of hydrogen-bond donors (Lipinski definition) is 0. The Kier molecular flexibility index (Phi) is 10.5. The van der Waals surface area contributed by atoms with Crippen LogP contribution in [0.4, 0.5) is 0 Å². The number of carbonyl (C=O) groups excluding carboxylic acids is 2. The van der Waals surface area contributed by atoms with Gasteiger partial charge in [-0.15, -0.1) is 0 Å². The zero-order chi connectivity index (χ0) is 36.3. The molecule has 0 spiro atoms. The first-order valence-corrected chi connectivity index (χ1v) is 18.6. The minimum absolute atomic E-state index is 0.176. The number of methoxy groups -OCH3 is 3. The number of ether oxygens (including phenoxy) is 4. The molecule has 2 aliphatic rings. The van der Waals surface area contributed by atoms with Crippen LogP contribution in [-0.4, -0.2) is 97.9 Å². The number of carbonyl (C=O) groups is 2. The summed E-state index contributed by atoms with van der Waals surface area (Å²) in [5, 5.41) is 4.63. The molecule has 2 heterocycles. The van der Waals surface area contributed by atoms with E-state index in [9.17, 15) is 18.0 Å². The molecule has 1 aliphatic carbocycles.